The number of carbonyl (C=O) groups excluding carboxylic acids is 1. The molecule has 1 rings (SSSR count). The number of halogens is 3. The Hall–Kier alpha value is -1.24. The van der Waals surface area contributed by atoms with Crippen molar-refractivity contribution in [2.75, 3.05) is 12.4 Å². The summed E-state index contributed by atoms with van der Waals surface area (Å²) in [5.74, 6) is 0. The van der Waals surface area contributed by atoms with Crippen LogP contribution in [0.25, 0.3) is 0 Å². The molecule has 6 nitrogen and oxygen atoms in total. The molecule has 0 atom stereocenters. The molecule has 0 aliphatic carbocycles. The first kappa shape index (κ1) is 13.8. The third kappa shape index (κ3) is 2.91. The van der Waals surface area contributed by atoms with Crippen LogP contribution in [-0.2, 0) is 0 Å². The van der Waals surface area contributed by atoms with E-state index in [0.29, 0.717) is 0 Å². The Morgan fingerprint density at radius 3 is 2.41 bits per heavy atom. The van der Waals surface area contributed by atoms with Gasteiger partial charge >= 0.3 is 11.7 Å². The summed E-state index contributed by atoms with van der Waals surface area (Å²) in [7, 11) is 1.38. The minimum absolute atomic E-state index is 0.00852. The van der Waals surface area contributed by atoms with E-state index in [1.807, 2.05) is 0 Å². The van der Waals surface area contributed by atoms with Crippen LogP contribution in [0.4, 0.5) is 16.2 Å². The second-order valence-electron chi connectivity index (χ2n) is 2.84. The summed E-state index contributed by atoms with van der Waals surface area (Å²) in [6.45, 7) is 0. The quantitative estimate of drug-likeness (QED) is 0.649. The van der Waals surface area contributed by atoms with Crippen LogP contribution in [-0.4, -0.2) is 18.0 Å². The van der Waals surface area contributed by atoms with Crippen LogP contribution in [0, 0.1) is 10.1 Å². The van der Waals surface area contributed by atoms with Gasteiger partial charge in [0.15, 0.2) is 0 Å². The predicted molar refractivity (Wildman–Crippen MR) is 66.2 cm³/mol. The second kappa shape index (κ2) is 5.39. The van der Waals surface area contributed by atoms with Crippen molar-refractivity contribution in [2.24, 2.45) is 0 Å². The Morgan fingerprint density at radius 1 is 1.35 bits per heavy atom. The number of nitrogens with one attached hydrogen (secondary N) is 2. The maximum Gasteiger partial charge on any atom is 0.319 e. The average Bonchev–Trinajstić information content (AvgIpc) is 2.22. The molecule has 2 N–H and O–H groups in total. The number of anilines is 1. The highest BCUT2D eigenvalue weighted by atomic mass is 35.5. The van der Waals surface area contributed by atoms with Crippen molar-refractivity contribution in [2.45, 2.75) is 0 Å². The third-order valence-corrected chi connectivity index (χ3v) is 2.75. The molecule has 0 aliphatic rings. The molecule has 0 unspecified atom stereocenters. The molecule has 2 amide bonds. The molecular formula is C8H6Cl3N3O3. The molecule has 0 spiro atoms. The zero-order chi connectivity index (χ0) is 13.2. The molecule has 1 aromatic rings. The molecule has 0 fully saturated rings. The minimum Gasteiger partial charge on any atom is -0.341 e. The number of amides is 2. The Bertz CT molecular complexity index is 493. The lowest BCUT2D eigenvalue weighted by Crippen LogP contribution is -2.24. The van der Waals surface area contributed by atoms with Gasteiger partial charge in [-0.3, -0.25) is 10.1 Å². The first-order valence-corrected chi connectivity index (χ1v) is 5.32. The van der Waals surface area contributed by atoms with Crippen LogP contribution in [0.1, 0.15) is 0 Å². The summed E-state index contributed by atoms with van der Waals surface area (Å²) in [5, 5.41) is 14.7. The van der Waals surface area contributed by atoms with Crippen molar-refractivity contribution in [1.82, 2.24) is 5.32 Å². The molecule has 0 saturated heterocycles. The number of nitro groups is 1. The van der Waals surface area contributed by atoms with Crippen LogP contribution in [0.2, 0.25) is 15.1 Å². The van der Waals surface area contributed by atoms with Gasteiger partial charge < -0.3 is 10.6 Å². The minimum atomic E-state index is -0.754. The van der Waals surface area contributed by atoms with Gasteiger partial charge in [-0.15, -0.1) is 0 Å². The SMILES string of the molecule is CNC(=O)Nc1c(Cl)cc(Cl)c([N+](=O)[O-])c1Cl. The standard InChI is InChI=1S/C8H6Cl3N3O3/c1-12-8(15)13-6-3(9)2-4(10)7(5(6)11)14(16)17/h2H,1H3,(H2,12,13,15). The summed E-state index contributed by atoms with van der Waals surface area (Å²) < 4.78 is 0. The van der Waals surface area contributed by atoms with E-state index in [4.69, 9.17) is 34.8 Å². The van der Waals surface area contributed by atoms with Crippen molar-refractivity contribution in [3.63, 3.8) is 0 Å². The van der Waals surface area contributed by atoms with E-state index in [2.05, 4.69) is 10.6 Å². The Kier molecular flexibility index (Phi) is 4.39. The zero-order valence-electron chi connectivity index (χ0n) is 8.38. The fraction of sp³-hybridized carbons (Fsp3) is 0.125. The van der Waals surface area contributed by atoms with Gasteiger partial charge in [0, 0.05) is 7.05 Å². The van der Waals surface area contributed by atoms with Gasteiger partial charge in [0.05, 0.1) is 15.6 Å². The van der Waals surface area contributed by atoms with Crippen molar-refractivity contribution < 1.29 is 9.72 Å². The first-order valence-electron chi connectivity index (χ1n) is 4.19. The molecular weight excluding hydrogens is 292 g/mol. The van der Waals surface area contributed by atoms with Gasteiger partial charge in [-0.05, 0) is 6.07 Å². The van der Waals surface area contributed by atoms with Crippen molar-refractivity contribution in [3.05, 3.63) is 31.2 Å². The fourth-order valence-electron chi connectivity index (χ4n) is 1.04. The van der Waals surface area contributed by atoms with E-state index >= 15 is 0 Å². The van der Waals surface area contributed by atoms with Gasteiger partial charge in [0.2, 0.25) is 0 Å². The van der Waals surface area contributed by atoms with Gasteiger partial charge in [-0.25, -0.2) is 4.79 Å². The van der Waals surface area contributed by atoms with Crippen LogP contribution in [0.3, 0.4) is 0 Å². The summed E-state index contributed by atoms with van der Waals surface area (Å²) >= 11 is 17.2. The Balaban J connectivity index is 3.35. The van der Waals surface area contributed by atoms with Crippen molar-refractivity contribution in [3.8, 4) is 0 Å². The number of benzene rings is 1. The average molecular weight is 299 g/mol. The molecule has 0 heterocycles. The van der Waals surface area contributed by atoms with E-state index in [9.17, 15) is 14.9 Å². The van der Waals surface area contributed by atoms with Gasteiger partial charge in [-0.1, -0.05) is 34.8 Å². The highest BCUT2D eigenvalue weighted by Gasteiger charge is 2.24. The van der Waals surface area contributed by atoms with E-state index < -0.39 is 16.6 Å². The van der Waals surface area contributed by atoms with E-state index in [1.165, 1.54) is 7.05 Å². The fourth-order valence-corrected chi connectivity index (χ4v) is 2.03. The molecule has 0 radical (unpaired) electrons. The first-order chi connectivity index (χ1) is 7.88. The van der Waals surface area contributed by atoms with Gasteiger partial charge in [0.1, 0.15) is 10.0 Å². The highest BCUT2D eigenvalue weighted by molar-refractivity contribution is 6.44. The number of carbonyl (C=O) groups is 1. The largest absolute Gasteiger partial charge is 0.341 e. The summed E-state index contributed by atoms with van der Waals surface area (Å²) in [6.07, 6.45) is 0. The van der Waals surface area contributed by atoms with E-state index in [-0.39, 0.29) is 20.8 Å². The number of urea groups is 1. The van der Waals surface area contributed by atoms with E-state index in [1.54, 1.807) is 0 Å². The Morgan fingerprint density at radius 2 is 1.94 bits per heavy atom. The second-order valence-corrected chi connectivity index (χ2v) is 4.03. The van der Waals surface area contributed by atoms with Crippen LogP contribution < -0.4 is 10.6 Å². The Labute approximate surface area is 111 Å². The summed E-state index contributed by atoms with van der Waals surface area (Å²) in [5.41, 5.74) is -0.576. The monoisotopic (exact) mass is 297 g/mol. The number of hydrogen-bond donors (Lipinski definition) is 2. The van der Waals surface area contributed by atoms with Crippen molar-refractivity contribution in [1.29, 1.82) is 0 Å². The molecule has 0 saturated carbocycles. The smallest absolute Gasteiger partial charge is 0.319 e. The lowest BCUT2D eigenvalue weighted by Gasteiger charge is -2.09. The topological polar surface area (TPSA) is 84.3 Å². The lowest BCUT2D eigenvalue weighted by atomic mass is 10.2. The maximum atomic E-state index is 11.1. The molecule has 9 heteroatoms. The molecule has 0 bridgehead atoms. The number of rotatable bonds is 2. The summed E-state index contributed by atoms with van der Waals surface area (Å²) in [4.78, 5) is 21.1. The number of nitrogens with zero attached hydrogens (tertiary/aromatic N) is 1. The normalized spacial score (nSPS) is 9.88. The van der Waals surface area contributed by atoms with Crippen LogP contribution >= 0.6 is 34.8 Å². The van der Waals surface area contributed by atoms with Crippen molar-refractivity contribution >= 4 is 52.2 Å². The zero-order valence-corrected chi connectivity index (χ0v) is 10.7. The molecule has 17 heavy (non-hydrogen) atoms. The lowest BCUT2D eigenvalue weighted by molar-refractivity contribution is -0.384. The molecule has 0 aliphatic heterocycles. The highest BCUT2D eigenvalue weighted by Crippen LogP contribution is 2.42. The van der Waals surface area contributed by atoms with Crippen LogP contribution in [0.15, 0.2) is 6.07 Å². The summed E-state index contributed by atoms with van der Waals surface area (Å²) in [6, 6.07) is 0.531. The molecule has 92 valence electrons. The molecule has 0 aromatic heterocycles. The van der Waals surface area contributed by atoms with Crippen LogP contribution in [0.5, 0.6) is 0 Å². The number of nitro benzene ring substituents is 1. The predicted octanol–water partition coefficient (Wildman–Crippen LogP) is 3.31. The van der Waals surface area contributed by atoms with Gasteiger partial charge in [-0.2, -0.15) is 0 Å². The maximum absolute atomic E-state index is 11.1. The third-order valence-electron chi connectivity index (χ3n) is 1.79. The molecule has 1 aromatic carbocycles. The number of hydrogen-bond acceptors (Lipinski definition) is 3. The van der Waals surface area contributed by atoms with Gasteiger partial charge in [0.25, 0.3) is 0 Å². The van der Waals surface area contributed by atoms with E-state index in [0.717, 1.165) is 6.07 Å².